The lowest BCUT2D eigenvalue weighted by molar-refractivity contribution is 0.114. The van der Waals surface area contributed by atoms with E-state index in [4.69, 9.17) is 4.74 Å². The molecule has 3 heteroatoms. The summed E-state index contributed by atoms with van der Waals surface area (Å²) < 4.78 is 5.79. The number of rotatable bonds is 3. The minimum absolute atomic E-state index is 0.367. The van der Waals surface area contributed by atoms with Gasteiger partial charge in [-0.2, -0.15) is 0 Å². The lowest BCUT2D eigenvalue weighted by atomic mass is 10.00. The SMILES string of the molecule is c1ccc2c(c1)CCN(Cc1ccc([C@H]3CCCO3)s1)C2. The summed E-state index contributed by atoms with van der Waals surface area (Å²) >= 11 is 1.94. The molecule has 0 amide bonds. The molecule has 0 bridgehead atoms. The summed E-state index contributed by atoms with van der Waals surface area (Å²) in [6.07, 6.45) is 3.95. The van der Waals surface area contributed by atoms with Gasteiger partial charge in [0.1, 0.15) is 0 Å². The van der Waals surface area contributed by atoms with Gasteiger partial charge in [-0.25, -0.2) is 0 Å². The van der Waals surface area contributed by atoms with Gasteiger partial charge in [0.15, 0.2) is 0 Å². The maximum atomic E-state index is 5.79. The summed E-state index contributed by atoms with van der Waals surface area (Å²) in [5, 5.41) is 0. The number of hydrogen-bond acceptors (Lipinski definition) is 3. The van der Waals surface area contributed by atoms with Crippen LogP contribution in [0.2, 0.25) is 0 Å². The first-order chi connectivity index (χ1) is 10.4. The van der Waals surface area contributed by atoms with Crippen LogP contribution in [0.5, 0.6) is 0 Å². The Labute approximate surface area is 130 Å². The fourth-order valence-corrected chi connectivity index (χ4v) is 4.50. The van der Waals surface area contributed by atoms with Crippen molar-refractivity contribution in [3.8, 4) is 0 Å². The van der Waals surface area contributed by atoms with Crippen LogP contribution in [0, 0.1) is 0 Å². The van der Waals surface area contributed by atoms with Crippen molar-refractivity contribution in [3.63, 3.8) is 0 Å². The molecular weight excluding hydrogens is 278 g/mol. The quantitative estimate of drug-likeness (QED) is 0.844. The Bertz CT molecular complexity index is 615. The summed E-state index contributed by atoms with van der Waals surface area (Å²) in [4.78, 5) is 5.45. The van der Waals surface area contributed by atoms with E-state index in [0.717, 1.165) is 19.7 Å². The molecule has 4 rings (SSSR count). The first-order valence-electron chi connectivity index (χ1n) is 7.88. The van der Waals surface area contributed by atoms with Crippen LogP contribution in [0.25, 0.3) is 0 Å². The van der Waals surface area contributed by atoms with Crippen LogP contribution in [-0.2, 0) is 24.2 Å². The molecule has 21 heavy (non-hydrogen) atoms. The van der Waals surface area contributed by atoms with Crippen molar-refractivity contribution in [3.05, 3.63) is 57.3 Å². The molecule has 110 valence electrons. The molecule has 3 heterocycles. The Balaban J connectivity index is 1.43. The number of ether oxygens (including phenoxy) is 1. The van der Waals surface area contributed by atoms with Gasteiger partial charge in [0.25, 0.3) is 0 Å². The van der Waals surface area contributed by atoms with Gasteiger partial charge in [-0.15, -0.1) is 11.3 Å². The molecule has 0 saturated carbocycles. The lowest BCUT2D eigenvalue weighted by Gasteiger charge is -2.28. The van der Waals surface area contributed by atoms with Crippen LogP contribution in [0.3, 0.4) is 0 Å². The highest BCUT2D eigenvalue weighted by atomic mass is 32.1. The van der Waals surface area contributed by atoms with Gasteiger partial charge in [0, 0.05) is 36.0 Å². The van der Waals surface area contributed by atoms with Gasteiger partial charge in [-0.1, -0.05) is 24.3 Å². The average Bonchev–Trinajstić information content (AvgIpc) is 3.18. The summed E-state index contributed by atoms with van der Waals surface area (Å²) in [5.74, 6) is 0. The molecule has 2 aromatic rings. The third-order valence-corrected chi connectivity index (χ3v) is 5.68. The fraction of sp³-hybridized carbons (Fsp3) is 0.444. The molecule has 2 aliphatic rings. The topological polar surface area (TPSA) is 12.5 Å². The van der Waals surface area contributed by atoms with E-state index >= 15 is 0 Å². The lowest BCUT2D eigenvalue weighted by Crippen LogP contribution is -2.29. The molecule has 0 unspecified atom stereocenters. The maximum absolute atomic E-state index is 5.79. The van der Waals surface area contributed by atoms with Crippen LogP contribution in [0.4, 0.5) is 0 Å². The van der Waals surface area contributed by atoms with Crippen molar-refractivity contribution in [2.75, 3.05) is 13.2 Å². The monoisotopic (exact) mass is 299 g/mol. The second-order valence-electron chi connectivity index (χ2n) is 6.04. The van der Waals surface area contributed by atoms with E-state index in [1.165, 1.54) is 46.7 Å². The predicted molar refractivity (Wildman–Crippen MR) is 86.5 cm³/mol. The molecule has 0 aliphatic carbocycles. The molecule has 0 N–H and O–H groups in total. The van der Waals surface area contributed by atoms with E-state index < -0.39 is 0 Å². The molecule has 0 radical (unpaired) electrons. The number of nitrogens with zero attached hydrogens (tertiary/aromatic N) is 1. The van der Waals surface area contributed by atoms with Crippen LogP contribution in [0.15, 0.2) is 36.4 Å². The van der Waals surface area contributed by atoms with E-state index in [-0.39, 0.29) is 0 Å². The van der Waals surface area contributed by atoms with Crippen molar-refractivity contribution in [1.29, 1.82) is 0 Å². The van der Waals surface area contributed by atoms with Gasteiger partial charge in [-0.3, -0.25) is 4.90 Å². The molecule has 1 atom stereocenters. The van der Waals surface area contributed by atoms with Crippen LogP contribution < -0.4 is 0 Å². The van der Waals surface area contributed by atoms with Crippen molar-refractivity contribution in [2.24, 2.45) is 0 Å². The Morgan fingerprint density at radius 1 is 1.14 bits per heavy atom. The normalized spacial score (nSPS) is 22.4. The maximum Gasteiger partial charge on any atom is 0.0917 e. The molecule has 0 spiro atoms. The summed E-state index contributed by atoms with van der Waals surface area (Å²) in [6, 6.07) is 13.4. The first-order valence-corrected chi connectivity index (χ1v) is 8.69. The number of benzene rings is 1. The van der Waals surface area contributed by atoms with Gasteiger partial charge < -0.3 is 4.74 Å². The van der Waals surface area contributed by atoms with Crippen molar-refractivity contribution >= 4 is 11.3 Å². The van der Waals surface area contributed by atoms with Crippen LogP contribution in [0.1, 0.15) is 39.8 Å². The fourth-order valence-electron chi connectivity index (χ4n) is 3.36. The summed E-state index contributed by atoms with van der Waals surface area (Å²) in [5.41, 5.74) is 3.03. The summed E-state index contributed by atoms with van der Waals surface area (Å²) in [7, 11) is 0. The van der Waals surface area contributed by atoms with Crippen molar-refractivity contribution in [1.82, 2.24) is 4.90 Å². The van der Waals surface area contributed by atoms with Gasteiger partial charge in [-0.05, 0) is 42.5 Å². The molecular formula is C18H21NOS. The second kappa shape index (κ2) is 5.91. The standard InChI is InChI=1S/C18H21NOS/c1-2-5-15-12-19(10-9-14(15)4-1)13-16-7-8-18(21-16)17-6-3-11-20-17/h1-2,4-5,7-8,17H,3,6,9-13H2/t17-/m1/s1. The highest BCUT2D eigenvalue weighted by Crippen LogP contribution is 2.34. The highest BCUT2D eigenvalue weighted by Gasteiger charge is 2.21. The predicted octanol–water partition coefficient (Wildman–Crippen LogP) is 4.16. The van der Waals surface area contributed by atoms with Crippen LogP contribution >= 0.6 is 11.3 Å². The van der Waals surface area contributed by atoms with E-state index in [0.29, 0.717) is 6.10 Å². The molecule has 2 aliphatic heterocycles. The molecule has 2 nitrogen and oxygen atoms in total. The third-order valence-electron chi connectivity index (χ3n) is 4.52. The Morgan fingerprint density at radius 2 is 2.05 bits per heavy atom. The van der Waals surface area contributed by atoms with Gasteiger partial charge in [0.2, 0.25) is 0 Å². The minimum atomic E-state index is 0.367. The molecule has 1 saturated heterocycles. The van der Waals surface area contributed by atoms with E-state index in [1.807, 2.05) is 11.3 Å². The summed E-state index contributed by atoms with van der Waals surface area (Å²) in [6.45, 7) is 4.26. The number of hydrogen-bond donors (Lipinski definition) is 0. The number of thiophene rings is 1. The zero-order valence-electron chi connectivity index (χ0n) is 12.3. The van der Waals surface area contributed by atoms with E-state index in [1.54, 1.807) is 0 Å². The second-order valence-corrected chi connectivity index (χ2v) is 7.24. The van der Waals surface area contributed by atoms with E-state index in [9.17, 15) is 0 Å². The minimum Gasteiger partial charge on any atom is -0.373 e. The average molecular weight is 299 g/mol. The van der Waals surface area contributed by atoms with E-state index in [2.05, 4.69) is 41.3 Å². The molecule has 1 aromatic heterocycles. The van der Waals surface area contributed by atoms with Crippen molar-refractivity contribution in [2.45, 2.75) is 38.5 Å². The zero-order chi connectivity index (χ0) is 14.1. The largest absolute Gasteiger partial charge is 0.373 e. The number of fused-ring (bicyclic) bond motifs is 1. The Morgan fingerprint density at radius 3 is 2.90 bits per heavy atom. The van der Waals surface area contributed by atoms with Crippen molar-refractivity contribution < 1.29 is 4.74 Å². The first kappa shape index (κ1) is 13.5. The molecule has 1 fully saturated rings. The third kappa shape index (κ3) is 2.91. The van der Waals surface area contributed by atoms with Gasteiger partial charge >= 0.3 is 0 Å². The zero-order valence-corrected chi connectivity index (χ0v) is 13.1. The Kier molecular flexibility index (Phi) is 3.80. The van der Waals surface area contributed by atoms with Gasteiger partial charge in [0.05, 0.1) is 6.10 Å². The highest BCUT2D eigenvalue weighted by molar-refractivity contribution is 7.12. The Hall–Kier alpha value is -1.16. The molecule has 1 aromatic carbocycles. The smallest absolute Gasteiger partial charge is 0.0917 e. The van der Waals surface area contributed by atoms with Crippen LogP contribution in [-0.4, -0.2) is 18.1 Å².